The molecule has 4 aromatic rings. The van der Waals surface area contributed by atoms with Crippen molar-refractivity contribution < 1.29 is 14.3 Å². The minimum Gasteiger partial charge on any atom is -0.478 e. The molecule has 0 saturated carbocycles. The van der Waals surface area contributed by atoms with Gasteiger partial charge < -0.3 is 15.0 Å². The highest BCUT2D eigenvalue weighted by Crippen LogP contribution is 2.30. The van der Waals surface area contributed by atoms with E-state index in [2.05, 4.69) is 25.8 Å². The van der Waals surface area contributed by atoms with Gasteiger partial charge in [-0.1, -0.05) is 6.08 Å². The van der Waals surface area contributed by atoms with Crippen molar-refractivity contribution in [2.75, 3.05) is 25.0 Å². The molecule has 8 nitrogen and oxygen atoms in total. The van der Waals surface area contributed by atoms with Crippen molar-refractivity contribution in [2.24, 2.45) is 7.05 Å². The van der Waals surface area contributed by atoms with Crippen LogP contribution in [0.25, 0.3) is 22.3 Å². The molecule has 0 atom stereocenters. The van der Waals surface area contributed by atoms with Crippen molar-refractivity contribution in [1.29, 1.82) is 0 Å². The smallest absolute Gasteiger partial charge is 0.335 e. The number of halogens is 1. The van der Waals surface area contributed by atoms with Gasteiger partial charge in [-0.05, 0) is 61.2 Å². The van der Waals surface area contributed by atoms with Crippen LogP contribution in [-0.4, -0.2) is 49.7 Å². The molecule has 0 aliphatic carbocycles. The third kappa shape index (κ3) is 3.99. The lowest BCUT2D eigenvalue weighted by Gasteiger charge is -2.27. The number of nitrogens with one attached hydrogen (secondary N) is 1. The Morgan fingerprint density at radius 3 is 2.79 bits per heavy atom. The quantitative estimate of drug-likeness (QED) is 0.417. The molecule has 0 fully saturated rings. The first-order chi connectivity index (χ1) is 18.3. The summed E-state index contributed by atoms with van der Waals surface area (Å²) in [6.07, 6.45) is 6.97. The third-order valence-electron chi connectivity index (χ3n) is 7.68. The van der Waals surface area contributed by atoms with Gasteiger partial charge in [0, 0.05) is 73.5 Å². The number of anilines is 1. The van der Waals surface area contributed by atoms with Gasteiger partial charge in [-0.15, -0.1) is 0 Å². The number of aromatic carboxylic acids is 1. The van der Waals surface area contributed by atoms with Gasteiger partial charge >= 0.3 is 5.97 Å². The Hall–Kier alpha value is -4.24. The van der Waals surface area contributed by atoms with Crippen molar-refractivity contribution in [2.45, 2.75) is 26.3 Å². The van der Waals surface area contributed by atoms with Gasteiger partial charge in [-0.25, -0.2) is 14.2 Å². The molecule has 0 amide bonds. The number of nitrogens with zero attached hydrogens (tertiary/aromatic N) is 4. The summed E-state index contributed by atoms with van der Waals surface area (Å²) in [6, 6.07) is 8.56. The maximum Gasteiger partial charge on any atom is 0.335 e. The molecule has 0 spiro atoms. The molecule has 2 N–H and O–H groups in total. The minimum absolute atomic E-state index is 0.00184. The Morgan fingerprint density at radius 1 is 1.21 bits per heavy atom. The van der Waals surface area contributed by atoms with E-state index >= 15 is 0 Å². The van der Waals surface area contributed by atoms with E-state index in [4.69, 9.17) is 0 Å². The van der Waals surface area contributed by atoms with Gasteiger partial charge in [-0.2, -0.15) is 0 Å². The van der Waals surface area contributed by atoms with E-state index in [-0.39, 0.29) is 11.1 Å². The van der Waals surface area contributed by atoms with Crippen molar-refractivity contribution in [3.8, 4) is 5.69 Å². The molecule has 5 heterocycles. The highest BCUT2D eigenvalue weighted by atomic mass is 19.1. The van der Waals surface area contributed by atoms with E-state index in [1.165, 1.54) is 6.07 Å². The Morgan fingerprint density at radius 2 is 2.05 bits per heavy atom. The lowest BCUT2D eigenvalue weighted by Crippen LogP contribution is -2.29. The topological polar surface area (TPSA) is 92.4 Å². The van der Waals surface area contributed by atoms with Crippen LogP contribution >= 0.6 is 0 Å². The summed E-state index contributed by atoms with van der Waals surface area (Å²) in [5, 5.41) is 13.4. The molecular formula is C29H28FN5O3. The monoisotopic (exact) mass is 513 g/mol. The number of aromatic nitrogens is 3. The number of hydrogen-bond acceptors (Lipinski definition) is 5. The average Bonchev–Trinajstić information content (AvgIpc) is 3.50. The molecule has 1 aromatic carbocycles. The van der Waals surface area contributed by atoms with E-state index in [1.807, 2.05) is 31.5 Å². The molecule has 0 bridgehead atoms. The fourth-order valence-electron chi connectivity index (χ4n) is 5.70. The summed E-state index contributed by atoms with van der Waals surface area (Å²) in [5.41, 5.74) is 6.42. The summed E-state index contributed by atoms with van der Waals surface area (Å²) < 4.78 is 18.6. The SMILES string of the molecule is Cc1cc(C(=O)O)cc(F)c1C1=CCN(Cc2cc3c(-n4ccc5c(c4=O)CCN5)ccnc3n2C)CC1. The maximum absolute atomic E-state index is 14.8. The number of carboxylic acids is 1. The lowest BCUT2D eigenvalue weighted by molar-refractivity contribution is 0.0696. The number of carboxylic acid groups (broad SMARTS) is 1. The van der Waals surface area contributed by atoms with E-state index in [9.17, 15) is 19.1 Å². The highest BCUT2D eigenvalue weighted by molar-refractivity contribution is 5.89. The van der Waals surface area contributed by atoms with E-state index < -0.39 is 11.8 Å². The van der Waals surface area contributed by atoms with Crippen molar-refractivity contribution in [3.63, 3.8) is 0 Å². The van der Waals surface area contributed by atoms with Gasteiger partial charge in [0.1, 0.15) is 11.5 Å². The number of carbonyl (C=O) groups is 1. The largest absolute Gasteiger partial charge is 0.478 e. The summed E-state index contributed by atoms with van der Waals surface area (Å²) in [5.74, 6) is -1.63. The maximum atomic E-state index is 14.8. The molecule has 2 aliphatic heterocycles. The molecule has 0 radical (unpaired) electrons. The zero-order chi connectivity index (χ0) is 26.6. The zero-order valence-electron chi connectivity index (χ0n) is 21.3. The van der Waals surface area contributed by atoms with Crippen LogP contribution in [0.5, 0.6) is 0 Å². The normalized spacial score (nSPS) is 15.4. The summed E-state index contributed by atoms with van der Waals surface area (Å²) in [4.78, 5) is 31.3. The van der Waals surface area contributed by atoms with Gasteiger partial charge in [-0.3, -0.25) is 14.3 Å². The van der Waals surface area contributed by atoms with Crippen molar-refractivity contribution in [3.05, 3.63) is 92.9 Å². The molecule has 0 unspecified atom stereocenters. The lowest BCUT2D eigenvalue weighted by atomic mass is 9.93. The first kappa shape index (κ1) is 24.1. The van der Waals surface area contributed by atoms with Crippen LogP contribution < -0.4 is 10.9 Å². The molecule has 6 rings (SSSR count). The predicted molar refractivity (Wildman–Crippen MR) is 144 cm³/mol. The molecule has 9 heteroatoms. The standard InChI is InChI=1S/C29H28FN5O3/c1-17-13-19(29(37)38)14-23(30)26(17)18-5-10-34(11-6-18)16-20-15-22-25(4-9-32-27(22)33(20)2)35-12-7-24-21(28(35)36)3-8-31-24/h4-5,7,9,12-15,31H,3,6,8,10-11,16H2,1-2H3,(H,37,38). The van der Waals surface area contributed by atoms with Crippen molar-refractivity contribution in [1.82, 2.24) is 19.0 Å². The number of fused-ring (bicyclic) bond motifs is 2. The van der Waals surface area contributed by atoms with Crippen LogP contribution in [-0.2, 0) is 20.0 Å². The second kappa shape index (κ2) is 9.25. The molecule has 3 aromatic heterocycles. The van der Waals surface area contributed by atoms with E-state index in [0.717, 1.165) is 64.8 Å². The predicted octanol–water partition coefficient (Wildman–Crippen LogP) is 4.13. The molecule has 0 saturated heterocycles. The Kier molecular flexibility index (Phi) is 5.87. The van der Waals surface area contributed by atoms with Crippen LogP contribution in [0.3, 0.4) is 0 Å². The molecule has 2 aliphatic rings. The Labute approximate surface area is 218 Å². The van der Waals surface area contributed by atoms with E-state index in [0.29, 0.717) is 30.6 Å². The van der Waals surface area contributed by atoms with Gasteiger partial charge in [0.15, 0.2) is 0 Å². The number of hydrogen-bond donors (Lipinski definition) is 2. The first-order valence-electron chi connectivity index (χ1n) is 12.7. The minimum atomic E-state index is -1.13. The average molecular weight is 514 g/mol. The summed E-state index contributed by atoms with van der Waals surface area (Å²) >= 11 is 0. The zero-order valence-corrected chi connectivity index (χ0v) is 21.3. The molecular weight excluding hydrogens is 485 g/mol. The van der Waals surface area contributed by atoms with Crippen molar-refractivity contribution >= 4 is 28.3 Å². The van der Waals surface area contributed by atoms with Gasteiger partial charge in [0.05, 0.1) is 11.3 Å². The Bertz CT molecular complexity index is 1680. The number of benzene rings is 1. The van der Waals surface area contributed by atoms with Gasteiger partial charge in [0.25, 0.3) is 5.56 Å². The summed E-state index contributed by atoms with van der Waals surface area (Å²) in [7, 11) is 1.98. The first-order valence-corrected chi connectivity index (χ1v) is 12.7. The van der Waals surface area contributed by atoms with Crippen LogP contribution in [0, 0.1) is 12.7 Å². The highest BCUT2D eigenvalue weighted by Gasteiger charge is 2.22. The van der Waals surface area contributed by atoms with Crippen LogP contribution in [0.1, 0.15) is 39.2 Å². The summed E-state index contributed by atoms with van der Waals surface area (Å²) in [6.45, 7) is 4.60. The fourth-order valence-corrected chi connectivity index (χ4v) is 5.70. The second-order valence-electron chi connectivity index (χ2n) is 9.99. The third-order valence-corrected chi connectivity index (χ3v) is 7.68. The molecule has 194 valence electrons. The van der Waals surface area contributed by atoms with E-state index in [1.54, 1.807) is 17.7 Å². The van der Waals surface area contributed by atoms with Gasteiger partial charge in [0.2, 0.25) is 0 Å². The number of rotatable bonds is 5. The number of pyridine rings is 2. The fraction of sp³-hybridized carbons (Fsp3) is 0.276. The second-order valence-corrected chi connectivity index (χ2v) is 9.99. The van der Waals surface area contributed by atoms with Crippen LogP contribution in [0.4, 0.5) is 10.1 Å². The van der Waals surface area contributed by atoms with Crippen LogP contribution in [0.2, 0.25) is 0 Å². The molecule has 38 heavy (non-hydrogen) atoms. The van der Waals surface area contributed by atoms with Crippen LogP contribution in [0.15, 0.2) is 53.6 Å². The Balaban J connectivity index is 1.27. The number of aryl methyl sites for hydroxylation is 2.